The fourth-order valence-electron chi connectivity index (χ4n) is 3.15. The van der Waals surface area contributed by atoms with E-state index in [-0.39, 0.29) is 28.8 Å². The molecular formula is C23H17F4N5OS. The zero-order valence-electron chi connectivity index (χ0n) is 17.7. The van der Waals surface area contributed by atoms with Crippen molar-refractivity contribution in [1.82, 2.24) is 24.8 Å². The molecule has 174 valence electrons. The summed E-state index contributed by atoms with van der Waals surface area (Å²) < 4.78 is 55.0. The number of hydrogen-bond donors (Lipinski definition) is 1. The molecule has 0 saturated carbocycles. The smallest absolute Gasteiger partial charge is 0.272 e. The van der Waals surface area contributed by atoms with Gasteiger partial charge < -0.3 is 9.88 Å². The van der Waals surface area contributed by atoms with Crippen molar-refractivity contribution in [1.29, 1.82) is 0 Å². The molecule has 0 bridgehead atoms. The molecule has 4 rings (SSSR count). The van der Waals surface area contributed by atoms with Gasteiger partial charge in [-0.3, -0.25) is 14.8 Å². The van der Waals surface area contributed by atoms with Crippen LogP contribution in [0.2, 0.25) is 0 Å². The predicted molar refractivity (Wildman–Crippen MR) is 118 cm³/mol. The summed E-state index contributed by atoms with van der Waals surface area (Å²) in [4.78, 5) is 30.0. The van der Waals surface area contributed by atoms with Crippen LogP contribution in [0.4, 0.5) is 17.6 Å². The fraction of sp³-hybridized carbons (Fsp3) is 0.130. The highest BCUT2D eigenvalue weighted by Crippen LogP contribution is 2.30. The third-order valence-electron chi connectivity index (χ3n) is 4.87. The van der Waals surface area contributed by atoms with Gasteiger partial charge in [-0.1, -0.05) is 11.8 Å². The van der Waals surface area contributed by atoms with Crippen LogP contribution in [0.1, 0.15) is 21.7 Å². The van der Waals surface area contributed by atoms with Crippen LogP contribution in [-0.2, 0) is 12.3 Å². The van der Waals surface area contributed by atoms with Crippen LogP contribution in [0.15, 0.2) is 60.1 Å². The number of amides is 1. The third-order valence-corrected chi connectivity index (χ3v) is 5.77. The second-order valence-electron chi connectivity index (χ2n) is 7.24. The minimum absolute atomic E-state index is 0.0979. The van der Waals surface area contributed by atoms with E-state index in [9.17, 15) is 22.4 Å². The number of benzene rings is 2. The van der Waals surface area contributed by atoms with Crippen molar-refractivity contribution in [3.63, 3.8) is 0 Å². The largest absolute Gasteiger partial charge is 0.334 e. The van der Waals surface area contributed by atoms with E-state index < -0.39 is 34.7 Å². The summed E-state index contributed by atoms with van der Waals surface area (Å²) in [5, 5.41) is 0.179. The number of aromatic nitrogens is 4. The number of thioether (sulfide) groups is 1. The van der Waals surface area contributed by atoms with Gasteiger partial charge in [0, 0.05) is 36.3 Å². The number of H-pyrrole nitrogens is 1. The lowest BCUT2D eigenvalue weighted by Crippen LogP contribution is -2.27. The Morgan fingerprint density at radius 1 is 1.03 bits per heavy atom. The lowest BCUT2D eigenvalue weighted by molar-refractivity contribution is 0.0778. The number of hydrogen-bond acceptors (Lipinski definition) is 5. The highest BCUT2D eigenvalue weighted by Gasteiger charge is 2.23. The van der Waals surface area contributed by atoms with Crippen LogP contribution in [0.25, 0.3) is 11.3 Å². The molecule has 0 unspecified atom stereocenters. The molecule has 1 amide bonds. The maximum Gasteiger partial charge on any atom is 0.272 e. The molecule has 2 heterocycles. The molecule has 0 fully saturated rings. The maximum atomic E-state index is 14.0. The molecule has 0 aliphatic heterocycles. The van der Waals surface area contributed by atoms with E-state index in [4.69, 9.17) is 0 Å². The molecule has 0 aliphatic rings. The molecule has 0 atom stereocenters. The molecule has 0 radical (unpaired) electrons. The Kier molecular flexibility index (Phi) is 6.92. The molecule has 6 nitrogen and oxygen atoms in total. The molecular weight excluding hydrogens is 470 g/mol. The van der Waals surface area contributed by atoms with Gasteiger partial charge in [-0.15, -0.1) is 0 Å². The van der Waals surface area contributed by atoms with Crippen LogP contribution < -0.4 is 0 Å². The molecule has 11 heteroatoms. The number of nitrogens with zero attached hydrogens (tertiary/aromatic N) is 4. The van der Waals surface area contributed by atoms with Gasteiger partial charge in [0.2, 0.25) is 0 Å². The Morgan fingerprint density at radius 3 is 2.47 bits per heavy atom. The lowest BCUT2D eigenvalue weighted by atomic mass is 10.1. The monoisotopic (exact) mass is 487 g/mol. The summed E-state index contributed by atoms with van der Waals surface area (Å²) in [5.41, 5.74) is 0.911. The molecule has 0 aliphatic carbocycles. The average molecular weight is 487 g/mol. The van der Waals surface area contributed by atoms with Crippen LogP contribution in [0.5, 0.6) is 0 Å². The SMILES string of the molecule is CN(Cc1cnccn1)C(=O)c1[nH]c(SCc2c(F)ccc(F)c2F)nc1-c1ccc(F)cc1. The normalized spacial score (nSPS) is 11.0. The van der Waals surface area contributed by atoms with Gasteiger partial charge in [-0.2, -0.15) is 0 Å². The first-order valence-electron chi connectivity index (χ1n) is 9.95. The van der Waals surface area contributed by atoms with Crippen molar-refractivity contribution in [2.75, 3.05) is 7.05 Å². The minimum Gasteiger partial charge on any atom is -0.334 e. The van der Waals surface area contributed by atoms with Gasteiger partial charge in [0.05, 0.1) is 18.4 Å². The molecule has 2 aromatic heterocycles. The quantitative estimate of drug-likeness (QED) is 0.226. The first-order chi connectivity index (χ1) is 16.3. The third kappa shape index (κ3) is 5.09. The second-order valence-corrected chi connectivity index (χ2v) is 8.20. The molecule has 34 heavy (non-hydrogen) atoms. The number of nitrogens with one attached hydrogen (secondary N) is 1. The van der Waals surface area contributed by atoms with Gasteiger partial charge in [0.1, 0.15) is 23.0 Å². The van der Waals surface area contributed by atoms with E-state index in [0.717, 1.165) is 17.8 Å². The van der Waals surface area contributed by atoms with Crippen molar-refractivity contribution < 1.29 is 22.4 Å². The summed E-state index contributed by atoms with van der Waals surface area (Å²) >= 11 is 0.896. The first-order valence-corrected chi connectivity index (χ1v) is 10.9. The van der Waals surface area contributed by atoms with Crippen molar-refractivity contribution >= 4 is 17.7 Å². The molecule has 0 spiro atoms. The highest BCUT2D eigenvalue weighted by molar-refractivity contribution is 7.98. The Balaban J connectivity index is 1.64. The number of aromatic amines is 1. The molecule has 1 N–H and O–H groups in total. The molecule has 2 aromatic carbocycles. The van der Waals surface area contributed by atoms with Crippen LogP contribution in [0, 0.1) is 23.3 Å². The van der Waals surface area contributed by atoms with Crippen molar-refractivity contribution in [2.24, 2.45) is 0 Å². The average Bonchev–Trinajstić information content (AvgIpc) is 3.26. The summed E-state index contributed by atoms with van der Waals surface area (Å²) in [6, 6.07) is 6.94. The summed E-state index contributed by atoms with van der Waals surface area (Å²) in [5.74, 6) is -4.50. The van der Waals surface area contributed by atoms with Crippen molar-refractivity contribution in [3.05, 3.63) is 95.2 Å². The summed E-state index contributed by atoms with van der Waals surface area (Å²) in [6.07, 6.45) is 4.55. The number of carbonyl (C=O) groups is 1. The van der Waals surface area contributed by atoms with Gasteiger partial charge in [-0.05, 0) is 36.4 Å². The lowest BCUT2D eigenvalue weighted by Gasteiger charge is -2.16. The number of halogens is 4. The fourth-order valence-corrected chi connectivity index (χ4v) is 4.03. The van der Waals surface area contributed by atoms with Gasteiger partial charge in [0.25, 0.3) is 5.91 Å². The Labute approximate surface area is 196 Å². The van der Waals surface area contributed by atoms with E-state index in [1.54, 1.807) is 7.05 Å². The van der Waals surface area contributed by atoms with E-state index in [0.29, 0.717) is 17.3 Å². The molecule has 4 aromatic rings. The topological polar surface area (TPSA) is 74.8 Å². The van der Waals surface area contributed by atoms with E-state index >= 15 is 0 Å². The van der Waals surface area contributed by atoms with Gasteiger partial charge >= 0.3 is 0 Å². The Morgan fingerprint density at radius 2 is 1.76 bits per heavy atom. The van der Waals surface area contributed by atoms with E-state index in [2.05, 4.69) is 19.9 Å². The maximum absolute atomic E-state index is 14.0. The zero-order chi connectivity index (χ0) is 24.2. The van der Waals surface area contributed by atoms with Gasteiger partial charge in [0.15, 0.2) is 16.8 Å². The van der Waals surface area contributed by atoms with Gasteiger partial charge in [-0.25, -0.2) is 22.5 Å². The first kappa shape index (κ1) is 23.4. The predicted octanol–water partition coefficient (Wildman–Crippen LogP) is 4.99. The van der Waals surface area contributed by atoms with Crippen molar-refractivity contribution in [3.8, 4) is 11.3 Å². The van der Waals surface area contributed by atoms with Crippen LogP contribution in [0.3, 0.4) is 0 Å². The Hall–Kier alpha value is -3.73. The van der Waals surface area contributed by atoms with E-state index in [1.807, 2.05) is 0 Å². The second kappa shape index (κ2) is 10.0. The zero-order valence-corrected chi connectivity index (χ0v) is 18.5. The molecule has 0 saturated heterocycles. The number of rotatable bonds is 7. The Bertz CT molecular complexity index is 1320. The summed E-state index contributed by atoms with van der Waals surface area (Å²) in [7, 11) is 1.57. The number of carbonyl (C=O) groups excluding carboxylic acids is 1. The highest BCUT2D eigenvalue weighted by atomic mass is 32.2. The van der Waals surface area contributed by atoms with Crippen LogP contribution in [-0.4, -0.2) is 37.8 Å². The van der Waals surface area contributed by atoms with E-state index in [1.165, 1.54) is 47.8 Å². The minimum atomic E-state index is -1.28. The van der Waals surface area contributed by atoms with Crippen molar-refractivity contribution in [2.45, 2.75) is 17.5 Å². The standard InChI is InChI=1S/C23H17F4N5OS/c1-32(11-15-10-28-8-9-29-15)22(33)21-20(13-2-4-14(24)5-3-13)30-23(31-21)34-12-16-17(25)6-7-18(26)19(16)27/h2-10H,11-12H2,1H3,(H,30,31). The number of imidazole rings is 1. The van der Waals surface area contributed by atoms with Crippen LogP contribution >= 0.6 is 11.8 Å². The summed E-state index contributed by atoms with van der Waals surface area (Å²) in [6.45, 7) is 0.163.